The first-order valence-corrected chi connectivity index (χ1v) is 12.9. The Labute approximate surface area is 183 Å². The zero-order chi connectivity index (χ0) is 21.4. The van der Waals surface area contributed by atoms with Crippen LogP contribution in [0.1, 0.15) is 50.1 Å². The Kier molecular flexibility index (Phi) is 5.71. The molecule has 4 heterocycles. The number of hydrogen-bond acceptors (Lipinski definition) is 5. The largest absolute Gasteiger partial charge is 0.380 e. The Balaban J connectivity index is 1.29. The molecule has 1 saturated carbocycles. The summed E-state index contributed by atoms with van der Waals surface area (Å²) >= 11 is 0. The standard InChI is InChI=1S/C23H30N4O3S/c1-30-19-3-2-12-27(14-19)31(28,29)15-16-4-6-17(7-5-16)22-21-18(8-10-24-22)13-26-23-20(21)9-11-25-23/h8-11,13,16-17,19H,2-7,12,14-15H2,1H3,(H,25,26). The van der Waals surface area contributed by atoms with Crippen LogP contribution in [0.2, 0.25) is 0 Å². The van der Waals surface area contributed by atoms with Crippen LogP contribution in [-0.2, 0) is 14.8 Å². The summed E-state index contributed by atoms with van der Waals surface area (Å²) in [5, 5.41) is 3.41. The SMILES string of the molecule is COC1CCCN(S(=O)(=O)CC2CCC(c3nccc4cnc5[nH]ccc5c34)CC2)C1. The highest BCUT2D eigenvalue weighted by molar-refractivity contribution is 7.89. The van der Waals surface area contributed by atoms with Crippen LogP contribution in [0.25, 0.3) is 21.8 Å². The van der Waals surface area contributed by atoms with Crippen molar-refractivity contribution in [1.82, 2.24) is 19.3 Å². The van der Waals surface area contributed by atoms with E-state index < -0.39 is 10.0 Å². The molecule has 2 fully saturated rings. The lowest BCUT2D eigenvalue weighted by molar-refractivity contribution is 0.0570. The van der Waals surface area contributed by atoms with Crippen molar-refractivity contribution in [3.63, 3.8) is 0 Å². The van der Waals surface area contributed by atoms with Gasteiger partial charge in [0, 0.05) is 60.9 Å². The number of pyridine rings is 2. The van der Waals surface area contributed by atoms with Crippen molar-refractivity contribution in [2.24, 2.45) is 5.92 Å². The Bertz CT molecular complexity index is 1170. The van der Waals surface area contributed by atoms with Gasteiger partial charge in [0.1, 0.15) is 5.65 Å². The van der Waals surface area contributed by atoms with Crippen molar-refractivity contribution < 1.29 is 13.2 Å². The molecule has 31 heavy (non-hydrogen) atoms. The monoisotopic (exact) mass is 442 g/mol. The third-order valence-corrected chi connectivity index (χ3v) is 9.10. The van der Waals surface area contributed by atoms with Crippen LogP contribution >= 0.6 is 0 Å². The zero-order valence-corrected chi connectivity index (χ0v) is 18.8. The van der Waals surface area contributed by atoms with Gasteiger partial charge in [-0.15, -0.1) is 0 Å². The van der Waals surface area contributed by atoms with Crippen molar-refractivity contribution in [1.29, 1.82) is 0 Å². The number of aromatic amines is 1. The topological polar surface area (TPSA) is 88.2 Å². The molecule has 3 aromatic heterocycles. The highest BCUT2D eigenvalue weighted by Crippen LogP contribution is 2.39. The molecule has 1 saturated heterocycles. The molecule has 0 amide bonds. The van der Waals surface area contributed by atoms with E-state index in [2.05, 4.69) is 16.0 Å². The first kappa shape index (κ1) is 20.8. The first-order chi connectivity index (χ1) is 15.0. The predicted molar refractivity (Wildman–Crippen MR) is 121 cm³/mol. The van der Waals surface area contributed by atoms with E-state index in [0.29, 0.717) is 19.0 Å². The lowest BCUT2D eigenvalue weighted by Crippen LogP contribution is -2.44. The molecule has 0 spiro atoms. The van der Waals surface area contributed by atoms with Gasteiger partial charge in [-0.2, -0.15) is 4.31 Å². The molecule has 0 aromatic carbocycles. The fraction of sp³-hybridized carbons (Fsp3) is 0.565. The van der Waals surface area contributed by atoms with Crippen LogP contribution in [0.5, 0.6) is 0 Å². The number of hydrogen-bond donors (Lipinski definition) is 1. The van der Waals surface area contributed by atoms with Gasteiger partial charge in [0.15, 0.2) is 0 Å². The molecule has 1 aliphatic carbocycles. The number of aromatic nitrogens is 3. The van der Waals surface area contributed by atoms with E-state index in [9.17, 15) is 8.42 Å². The zero-order valence-electron chi connectivity index (χ0n) is 18.0. The van der Waals surface area contributed by atoms with Crippen molar-refractivity contribution >= 4 is 31.8 Å². The van der Waals surface area contributed by atoms with Crippen LogP contribution in [0.3, 0.4) is 0 Å². The van der Waals surface area contributed by atoms with E-state index in [1.54, 1.807) is 11.4 Å². The van der Waals surface area contributed by atoms with Gasteiger partial charge in [-0.1, -0.05) is 0 Å². The minimum atomic E-state index is -3.24. The van der Waals surface area contributed by atoms with Crippen LogP contribution in [0.4, 0.5) is 0 Å². The maximum Gasteiger partial charge on any atom is 0.214 e. The normalized spacial score (nSPS) is 25.9. The molecular formula is C23H30N4O3S. The molecule has 8 heteroatoms. The second kappa shape index (κ2) is 8.48. The molecule has 0 radical (unpaired) electrons. The van der Waals surface area contributed by atoms with Gasteiger partial charge in [0.05, 0.1) is 17.6 Å². The lowest BCUT2D eigenvalue weighted by Gasteiger charge is -2.34. The summed E-state index contributed by atoms with van der Waals surface area (Å²) in [6, 6.07) is 4.09. The third kappa shape index (κ3) is 4.08. The molecule has 5 rings (SSSR count). The predicted octanol–water partition coefficient (Wildman–Crippen LogP) is 3.83. The summed E-state index contributed by atoms with van der Waals surface area (Å²) < 4.78 is 33.1. The summed E-state index contributed by atoms with van der Waals surface area (Å²) in [5.41, 5.74) is 2.02. The summed E-state index contributed by atoms with van der Waals surface area (Å²) in [7, 11) is -1.57. The molecule has 166 valence electrons. The van der Waals surface area contributed by atoms with Gasteiger partial charge in [-0.3, -0.25) is 4.98 Å². The van der Waals surface area contributed by atoms with Gasteiger partial charge in [0.25, 0.3) is 0 Å². The van der Waals surface area contributed by atoms with Gasteiger partial charge >= 0.3 is 0 Å². The van der Waals surface area contributed by atoms with Gasteiger partial charge < -0.3 is 9.72 Å². The quantitative estimate of drug-likeness (QED) is 0.649. The number of nitrogens with one attached hydrogen (secondary N) is 1. The summed E-state index contributed by atoms with van der Waals surface area (Å²) in [5.74, 6) is 0.828. The smallest absolute Gasteiger partial charge is 0.214 e. The number of piperidine rings is 1. The molecule has 7 nitrogen and oxygen atoms in total. The van der Waals surface area contributed by atoms with E-state index in [1.165, 1.54) is 5.39 Å². The number of nitrogens with zero attached hydrogens (tertiary/aromatic N) is 3. The summed E-state index contributed by atoms with van der Waals surface area (Å²) in [4.78, 5) is 12.5. The number of methoxy groups -OCH3 is 1. The van der Waals surface area contributed by atoms with E-state index in [4.69, 9.17) is 9.72 Å². The minimum absolute atomic E-state index is 0.0245. The van der Waals surface area contributed by atoms with Crippen LogP contribution in [-0.4, -0.2) is 59.7 Å². The number of fused-ring (bicyclic) bond motifs is 3. The molecule has 1 aliphatic heterocycles. The van der Waals surface area contributed by atoms with Crippen LogP contribution in [0, 0.1) is 5.92 Å². The number of ether oxygens (including phenoxy) is 1. The molecule has 0 bridgehead atoms. The Morgan fingerprint density at radius 2 is 2.00 bits per heavy atom. The third-order valence-electron chi connectivity index (χ3n) is 7.09. The van der Waals surface area contributed by atoms with Gasteiger partial charge in [0.2, 0.25) is 10.0 Å². The molecule has 1 unspecified atom stereocenters. The van der Waals surface area contributed by atoms with E-state index in [0.717, 1.165) is 60.6 Å². The van der Waals surface area contributed by atoms with Gasteiger partial charge in [-0.25, -0.2) is 13.4 Å². The second-order valence-electron chi connectivity index (χ2n) is 9.01. The average Bonchev–Trinajstić information content (AvgIpc) is 3.28. The van der Waals surface area contributed by atoms with Crippen molar-refractivity contribution in [3.8, 4) is 0 Å². The fourth-order valence-electron chi connectivity index (χ4n) is 5.36. The second-order valence-corrected chi connectivity index (χ2v) is 11.0. The Morgan fingerprint density at radius 1 is 1.16 bits per heavy atom. The molecular weight excluding hydrogens is 412 g/mol. The number of H-pyrrole nitrogens is 1. The van der Waals surface area contributed by atoms with E-state index in [-0.39, 0.29) is 17.8 Å². The van der Waals surface area contributed by atoms with Crippen molar-refractivity contribution in [2.75, 3.05) is 26.0 Å². The lowest BCUT2D eigenvalue weighted by atomic mass is 9.80. The first-order valence-electron chi connectivity index (χ1n) is 11.3. The maximum atomic E-state index is 13.0. The average molecular weight is 443 g/mol. The molecule has 1 N–H and O–H groups in total. The van der Waals surface area contributed by atoms with Crippen molar-refractivity contribution in [2.45, 2.75) is 50.5 Å². The fourth-order valence-corrected chi connectivity index (χ4v) is 7.30. The van der Waals surface area contributed by atoms with Gasteiger partial charge in [-0.05, 0) is 56.6 Å². The molecule has 2 aliphatic rings. The Morgan fingerprint density at radius 3 is 2.81 bits per heavy atom. The number of rotatable bonds is 5. The van der Waals surface area contributed by atoms with Crippen LogP contribution < -0.4 is 0 Å². The maximum absolute atomic E-state index is 13.0. The van der Waals surface area contributed by atoms with Crippen LogP contribution in [0.15, 0.2) is 30.7 Å². The van der Waals surface area contributed by atoms with E-state index >= 15 is 0 Å². The molecule has 3 aromatic rings. The summed E-state index contributed by atoms with van der Waals surface area (Å²) in [6.45, 7) is 1.12. The Hall–Kier alpha value is -2.03. The highest BCUT2D eigenvalue weighted by atomic mass is 32.2. The summed E-state index contributed by atoms with van der Waals surface area (Å²) in [6.07, 6.45) is 11.3. The molecule has 1 atom stereocenters. The highest BCUT2D eigenvalue weighted by Gasteiger charge is 2.33. The number of sulfonamides is 1. The minimum Gasteiger partial charge on any atom is -0.380 e. The van der Waals surface area contributed by atoms with E-state index in [1.807, 2.05) is 24.7 Å². The van der Waals surface area contributed by atoms with Crippen molar-refractivity contribution in [3.05, 3.63) is 36.4 Å².